The molecule has 0 spiro atoms. The maximum atomic E-state index is 13.3. The lowest BCUT2D eigenvalue weighted by Crippen LogP contribution is -2.45. The monoisotopic (exact) mass is 199 g/mol. The number of hydrogen-bond donors (Lipinski definition) is 1. The van der Waals surface area contributed by atoms with Gasteiger partial charge in [0.25, 0.3) is 0 Å². The van der Waals surface area contributed by atoms with E-state index in [4.69, 9.17) is 4.74 Å². The van der Waals surface area contributed by atoms with Crippen LogP contribution in [0.1, 0.15) is 11.7 Å². The minimum absolute atomic E-state index is 0.111. The Morgan fingerprint density at radius 3 is 2.57 bits per heavy atom. The van der Waals surface area contributed by atoms with Crippen molar-refractivity contribution in [2.45, 2.75) is 18.7 Å². The fourth-order valence-corrected chi connectivity index (χ4v) is 1.49. The summed E-state index contributed by atoms with van der Waals surface area (Å²) >= 11 is 0. The lowest BCUT2D eigenvalue weighted by atomic mass is 10.1. The summed E-state index contributed by atoms with van der Waals surface area (Å²) in [6.07, 6.45) is -3.60. The zero-order valence-corrected chi connectivity index (χ0v) is 7.49. The van der Waals surface area contributed by atoms with Gasteiger partial charge in [-0.1, -0.05) is 30.3 Å². The van der Waals surface area contributed by atoms with Gasteiger partial charge in [-0.25, -0.2) is 8.78 Å². The molecule has 1 aliphatic rings. The second kappa shape index (κ2) is 4.02. The molecule has 3 unspecified atom stereocenters. The lowest BCUT2D eigenvalue weighted by molar-refractivity contribution is -0.0977. The zero-order valence-electron chi connectivity index (χ0n) is 7.49. The van der Waals surface area contributed by atoms with Crippen LogP contribution in [0.2, 0.25) is 0 Å². The normalized spacial score (nSPS) is 32.9. The van der Waals surface area contributed by atoms with E-state index in [0.717, 1.165) is 5.56 Å². The number of alkyl halides is 2. The number of ether oxygens (including phenoxy) is 1. The van der Waals surface area contributed by atoms with Crippen molar-refractivity contribution in [2.75, 3.05) is 6.61 Å². The van der Waals surface area contributed by atoms with Crippen LogP contribution in [0.25, 0.3) is 0 Å². The maximum absolute atomic E-state index is 13.3. The molecule has 0 bridgehead atoms. The summed E-state index contributed by atoms with van der Waals surface area (Å²) in [5.41, 5.74) is 0.722. The van der Waals surface area contributed by atoms with Crippen molar-refractivity contribution in [1.29, 1.82) is 0 Å². The third kappa shape index (κ3) is 1.91. The van der Waals surface area contributed by atoms with Crippen molar-refractivity contribution in [3.63, 3.8) is 0 Å². The predicted molar refractivity (Wildman–Crippen MR) is 48.1 cm³/mol. The number of morpholine rings is 1. The summed E-state index contributed by atoms with van der Waals surface area (Å²) in [4.78, 5) is 0. The quantitative estimate of drug-likeness (QED) is 0.698. The van der Waals surface area contributed by atoms with E-state index in [0.29, 0.717) is 0 Å². The Morgan fingerprint density at radius 1 is 1.21 bits per heavy atom. The highest BCUT2D eigenvalue weighted by atomic mass is 19.2. The Hall–Kier alpha value is -1.00. The molecule has 1 fully saturated rings. The molecule has 1 aromatic carbocycles. The van der Waals surface area contributed by atoms with E-state index in [2.05, 4.69) is 5.32 Å². The highest BCUT2D eigenvalue weighted by Crippen LogP contribution is 2.25. The van der Waals surface area contributed by atoms with E-state index in [-0.39, 0.29) is 6.61 Å². The molecular formula is C10H11F2NO. The Morgan fingerprint density at radius 2 is 1.93 bits per heavy atom. The van der Waals surface area contributed by atoms with Gasteiger partial charge in [0.15, 0.2) is 12.6 Å². The fourth-order valence-electron chi connectivity index (χ4n) is 1.49. The molecule has 1 aliphatic heterocycles. The molecule has 1 aromatic rings. The van der Waals surface area contributed by atoms with E-state index in [1.165, 1.54) is 0 Å². The minimum Gasteiger partial charge on any atom is -0.365 e. The van der Waals surface area contributed by atoms with E-state index in [9.17, 15) is 8.78 Å². The maximum Gasteiger partial charge on any atom is 0.184 e. The van der Waals surface area contributed by atoms with Crippen LogP contribution in [0, 0.1) is 0 Å². The first-order valence-corrected chi connectivity index (χ1v) is 4.48. The Labute approximate surface area is 80.9 Å². The molecule has 76 valence electrons. The van der Waals surface area contributed by atoms with Crippen LogP contribution in [0.15, 0.2) is 30.3 Å². The van der Waals surface area contributed by atoms with E-state index < -0.39 is 18.7 Å². The number of benzene rings is 1. The van der Waals surface area contributed by atoms with Crippen molar-refractivity contribution < 1.29 is 13.5 Å². The first-order chi connectivity index (χ1) is 6.77. The minimum atomic E-state index is -1.49. The second-order valence-corrected chi connectivity index (χ2v) is 3.20. The van der Waals surface area contributed by atoms with Crippen molar-refractivity contribution >= 4 is 0 Å². The van der Waals surface area contributed by atoms with Crippen LogP contribution in [0.4, 0.5) is 8.78 Å². The van der Waals surface area contributed by atoms with Crippen LogP contribution in [0.5, 0.6) is 0 Å². The summed E-state index contributed by atoms with van der Waals surface area (Å²) in [5.74, 6) is 0. The van der Waals surface area contributed by atoms with Crippen molar-refractivity contribution in [2.24, 2.45) is 0 Å². The van der Waals surface area contributed by atoms with E-state index in [1.54, 1.807) is 24.3 Å². The third-order valence-corrected chi connectivity index (χ3v) is 2.16. The molecule has 0 saturated carbocycles. The van der Waals surface area contributed by atoms with Gasteiger partial charge in [0.1, 0.15) is 6.10 Å². The number of nitrogens with one attached hydrogen (secondary N) is 1. The average Bonchev–Trinajstić information content (AvgIpc) is 2.19. The van der Waals surface area contributed by atoms with Gasteiger partial charge in [-0.2, -0.15) is 0 Å². The summed E-state index contributed by atoms with van der Waals surface area (Å²) in [6.45, 7) is -0.111. The first kappa shape index (κ1) is 9.55. The molecule has 1 saturated heterocycles. The van der Waals surface area contributed by atoms with Gasteiger partial charge in [0.05, 0.1) is 6.61 Å². The van der Waals surface area contributed by atoms with Gasteiger partial charge in [0, 0.05) is 0 Å². The summed E-state index contributed by atoms with van der Waals surface area (Å²) < 4.78 is 31.0. The standard InChI is InChI=1S/C10H11F2NO/c11-8-6-14-9(10(12)13-8)7-4-2-1-3-5-7/h1-5,8-10,13H,6H2. The molecule has 2 rings (SSSR count). The molecule has 14 heavy (non-hydrogen) atoms. The fraction of sp³-hybridized carbons (Fsp3) is 0.400. The van der Waals surface area contributed by atoms with Crippen molar-refractivity contribution in [1.82, 2.24) is 5.32 Å². The molecule has 1 N–H and O–H groups in total. The van der Waals surface area contributed by atoms with E-state index >= 15 is 0 Å². The molecular weight excluding hydrogens is 188 g/mol. The summed E-state index contributed by atoms with van der Waals surface area (Å²) in [6, 6.07) is 8.96. The van der Waals surface area contributed by atoms with Crippen LogP contribution in [-0.4, -0.2) is 19.2 Å². The molecule has 0 amide bonds. The third-order valence-electron chi connectivity index (χ3n) is 2.16. The van der Waals surface area contributed by atoms with Gasteiger partial charge in [-0.3, -0.25) is 5.32 Å². The summed E-state index contributed by atoms with van der Waals surface area (Å²) in [5, 5.41) is 2.17. The van der Waals surface area contributed by atoms with Gasteiger partial charge < -0.3 is 4.74 Å². The molecule has 0 aromatic heterocycles. The first-order valence-electron chi connectivity index (χ1n) is 4.48. The lowest BCUT2D eigenvalue weighted by Gasteiger charge is -2.29. The second-order valence-electron chi connectivity index (χ2n) is 3.20. The van der Waals surface area contributed by atoms with Gasteiger partial charge in [0.2, 0.25) is 0 Å². The van der Waals surface area contributed by atoms with Crippen LogP contribution < -0.4 is 5.32 Å². The molecule has 0 radical (unpaired) electrons. The van der Waals surface area contributed by atoms with Crippen LogP contribution in [0.3, 0.4) is 0 Å². The molecule has 0 aliphatic carbocycles. The van der Waals surface area contributed by atoms with Crippen molar-refractivity contribution in [3.8, 4) is 0 Å². The summed E-state index contributed by atoms with van der Waals surface area (Å²) in [7, 11) is 0. The molecule has 1 heterocycles. The largest absolute Gasteiger partial charge is 0.365 e. The SMILES string of the molecule is FC1COC(c2ccccc2)C(F)N1. The van der Waals surface area contributed by atoms with Gasteiger partial charge in [-0.05, 0) is 5.56 Å². The number of rotatable bonds is 1. The van der Waals surface area contributed by atoms with E-state index in [1.807, 2.05) is 6.07 Å². The highest BCUT2D eigenvalue weighted by Gasteiger charge is 2.31. The predicted octanol–water partition coefficient (Wildman–Crippen LogP) is 1.94. The average molecular weight is 199 g/mol. The Kier molecular flexibility index (Phi) is 2.74. The van der Waals surface area contributed by atoms with Gasteiger partial charge >= 0.3 is 0 Å². The number of hydrogen-bond acceptors (Lipinski definition) is 2. The number of halogens is 2. The van der Waals surface area contributed by atoms with Crippen LogP contribution in [-0.2, 0) is 4.74 Å². The Bertz CT molecular complexity index is 293. The van der Waals surface area contributed by atoms with Crippen molar-refractivity contribution in [3.05, 3.63) is 35.9 Å². The molecule has 2 nitrogen and oxygen atoms in total. The Balaban J connectivity index is 2.12. The highest BCUT2D eigenvalue weighted by molar-refractivity contribution is 5.18. The molecule has 3 atom stereocenters. The topological polar surface area (TPSA) is 21.3 Å². The van der Waals surface area contributed by atoms with Crippen LogP contribution >= 0.6 is 0 Å². The molecule has 4 heteroatoms. The van der Waals surface area contributed by atoms with Gasteiger partial charge in [-0.15, -0.1) is 0 Å². The zero-order chi connectivity index (χ0) is 9.97. The smallest absolute Gasteiger partial charge is 0.184 e.